The number of thioether (sulfide) groups is 1. The minimum Gasteiger partial charge on any atom is -0.376 e. The summed E-state index contributed by atoms with van der Waals surface area (Å²) in [6, 6.07) is 9.48. The van der Waals surface area contributed by atoms with Gasteiger partial charge >= 0.3 is 0 Å². The number of aromatic nitrogens is 1. The van der Waals surface area contributed by atoms with Gasteiger partial charge in [0.2, 0.25) is 0 Å². The molecule has 1 unspecified atom stereocenters. The first kappa shape index (κ1) is 20.3. The van der Waals surface area contributed by atoms with Gasteiger partial charge in [-0.2, -0.15) is 0 Å². The fourth-order valence-electron chi connectivity index (χ4n) is 3.37. The van der Waals surface area contributed by atoms with Crippen LogP contribution in [0.3, 0.4) is 0 Å². The van der Waals surface area contributed by atoms with Gasteiger partial charge in [-0.1, -0.05) is 30.4 Å². The zero-order chi connectivity index (χ0) is 20.4. The van der Waals surface area contributed by atoms with Gasteiger partial charge in [-0.15, -0.1) is 11.8 Å². The van der Waals surface area contributed by atoms with Crippen LogP contribution in [-0.2, 0) is 4.74 Å². The number of halogens is 2. The van der Waals surface area contributed by atoms with E-state index in [2.05, 4.69) is 4.98 Å². The topological polar surface area (TPSA) is 42.4 Å². The summed E-state index contributed by atoms with van der Waals surface area (Å²) in [5.41, 5.74) is 0.649. The van der Waals surface area contributed by atoms with Gasteiger partial charge in [0.15, 0.2) is 10.9 Å². The van der Waals surface area contributed by atoms with Crippen molar-refractivity contribution in [2.45, 2.75) is 30.8 Å². The van der Waals surface area contributed by atoms with E-state index in [1.807, 2.05) is 25.1 Å². The average molecular weight is 435 g/mol. The minimum atomic E-state index is -0.728. The predicted octanol–water partition coefficient (Wildman–Crippen LogP) is 5.51. The van der Waals surface area contributed by atoms with Gasteiger partial charge in [0, 0.05) is 17.6 Å². The average Bonchev–Trinajstić information content (AvgIpc) is 3.36. The minimum absolute atomic E-state index is 0.0766. The van der Waals surface area contributed by atoms with Crippen molar-refractivity contribution < 1.29 is 18.3 Å². The summed E-state index contributed by atoms with van der Waals surface area (Å²) >= 11 is 2.70. The molecule has 2 aromatic carbocycles. The Hall–Kier alpha value is -2.03. The maximum absolute atomic E-state index is 14.2. The van der Waals surface area contributed by atoms with Gasteiger partial charge in [0.25, 0.3) is 5.91 Å². The molecule has 29 heavy (non-hydrogen) atoms. The van der Waals surface area contributed by atoms with Gasteiger partial charge in [-0.3, -0.25) is 9.69 Å². The van der Waals surface area contributed by atoms with Crippen LogP contribution in [0.2, 0.25) is 0 Å². The molecule has 1 aliphatic rings. The Morgan fingerprint density at radius 3 is 2.93 bits per heavy atom. The summed E-state index contributed by atoms with van der Waals surface area (Å²) in [6.07, 6.45) is 1.69. The van der Waals surface area contributed by atoms with Crippen LogP contribution in [-0.4, -0.2) is 35.9 Å². The van der Waals surface area contributed by atoms with Crippen molar-refractivity contribution in [3.05, 3.63) is 53.6 Å². The van der Waals surface area contributed by atoms with E-state index in [4.69, 9.17) is 4.74 Å². The highest BCUT2D eigenvalue weighted by molar-refractivity contribution is 7.99. The molecule has 8 heteroatoms. The number of anilines is 1. The highest BCUT2D eigenvalue weighted by Crippen LogP contribution is 2.34. The Balaban J connectivity index is 1.76. The number of thiazole rings is 1. The summed E-state index contributed by atoms with van der Waals surface area (Å²) in [7, 11) is 0. The molecule has 0 bridgehead atoms. The van der Waals surface area contributed by atoms with Crippen molar-refractivity contribution in [3.63, 3.8) is 0 Å². The normalized spacial score (nSPS) is 16.4. The number of hydrogen-bond acceptors (Lipinski definition) is 5. The van der Waals surface area contributed by atoms with E-state index in [0.717, 1.165) is 40.9 Å². The van der Waals surface area contributed by atoms with Crippen LogP contribution in [0.25, 0.3) is 10.2 Å². The van der Waals surface area contributed by atoms with Crippen LogP contribution in [0.4, 0.5) is 13.9 Å². The molecule has 152 valence electrons. The van der Waals surface area contributed by atoms with E-state index in [0.29, 0.717) is 28.5 Å². The Labute approximate surface area is 175 Å². The number of ether oxygens (including phenoxy) is 1. The quantitative estimate of drug-likeness (QED) is 0.480. The van der Waals surface area contributed by atoms with Gasteiger partial charge in [-0.05, 0) is 36.8 Å². The molecule has 0 saturated carbocycles. The summed E-state index contributed by atoms with van der Waals surface area (Å²) in [6.45, 7) is 3.02. The second kappa shape index (κ2) is 8.77. The van der Waals surface area contributed by atoms with Gasteiger partial charge in [-0.25, -0.2) is 13.8 Å². The van der Waals surface area contributed by atoms with Crippen molar-refractivity contribution in [3.8, 4) is 0 Å². The molecule has 1 aliphatic heterocycles. The predicted molar refractivity (Wildman–Crippen MR) is 113 cm³/mol. The second-order valence-corrected chi connectivity index (χ2v) is 9.03. The first-order chi connectivity index (χ1) is 14.1. The van der Waals surface area contributed by atoms with E-state index in [9.17, 15) is 13.6 Å². The van der Waals surface area contributed by atoms with Crippen LogP contribution in [0.1, 0.15) is 30.1 Å². The molecule has 1 aromatic heterocycles. The number of carbonyl (C=O) groups is 1. The molecule has 1 atom stereocenters. The van der Waals surface area contributed by atoms with E-state index in [1.165, 1.54) is 6.07 Å². The van der Waals surface area contributed by atoms with Crippen LogP contribution >= 0.6 is 23.1 Å². The zero-order valence-corrected chi connectivity index (χ0v) is 17.5. The molecular formula is C21H20F2N2O2S2. The summed E-state index contributed by atoms with van der Waals surface area (Å²) in [5, 5.41) is 0.348. The lowest BCUT2D eigenvalue weighted by Crippen LogP contribution is -2.37. The van der Waals surface area contributed by atoms with E-state index in [-0.39, 0.29) is 17.5 Å². The maximum atomic E-state index is 14.2. The summed E-state index contributed by atoms with van der Waals surface area (Å²) in [4.78, 5) is 20.3. The second-order valence-electron chi connectivity index (χ2n) is 6.71. The molecule has 4 nitrogen and oxygen atoms in total. The molecule has 2 heterocycles. The number of nitrogens with zero attached hydrogens (tertiary/aromatic N) is 2. The Kier molecular flexibility index (Phi) is 6.12. The molecule has 0 N–H and O–H groups in total. The number of carbonyl (C=O) groups excluding carboxylic acids is 1. The molecule has 0 spiro atoms. The fourth-order valence-corrected chi connectivity index (χ4v) is 5.18. The van der Waals surface area contributed by atoms with Gasteiger partial charge < -0.3 is 4.74 Å². The van der Waals surface area contributed by atoms with Gasteiger partial charge in [0.05, 0.1) is 22.9 Å². The highest BCUT2D eigenvalue weighted by Gasteiger charge is 2.28. The number of fused-ring (bicyclic) bond motifs is 1. The van der Waals surface area contributed by atoms with E-state index < -0.39 is 11.6 Å². The molecule has 4 rings (SSSR count). The summed E-state index contributed by atoms with van der Waals surface area (Å²) in [5.74, 6) is -0.764. The van der Waals surface area contributed by atoms with Crippen molar-refractivity contribution in [2.24, 2.45) is 0 Å². The molecule has 3 aromatic rings. The van der Waals surface area contributed by atoms with E-state index >= 15 is 0 Å². The third-order valence-electron chi connectivity index (χ3n) is 4.71. The number of hydrogen-bond donors (Lipinski definition) is 0. The third kappa shape index (κ3) is 4.29. The number of rotatable bonds is 6. The van der Waals surface area contributed by atoms with Crippen LogP contribution in [0, 0.1) is 11.6 Å². The number of amides is 1. The smallest absolute Gasteiger partial charge is 0.261 e. The SMILES string of the molecule is CCSc1ccccc1C(=O)N(CC1CCCO1)c1nc2c(F)cc(F)cc2s1. The molecular weight excluding hydrogens is 414 g/mol. The monoisotopic (exact) mass is 434 g/mol. The molecule has 1 saturated heterocycles. The van der Waals surface area contributed by atoms with Crippen LogP contribution in [0.15, 0.2) is 41.3 Å². The Bertz CT molecular complexity index is 1030. The first-order valence-corrected chi connectivity index (χ1v) is 11.3. The third-order valence-corrected chi connectivity index (χ3v) is 6.69. The first-order valence-electron chi connectivity index (χ1n) is 9.47. The molecule has 1 fully saturated rings. The van der Waals surface area contributed by atoms with Crippen LogP contribution < -0.4 is 4.90 Å². The lowest BCUT2D eigenvalue weighted by atomic mass is 10.1. The van der Waals surface area contributed by atoms with Crippen molar-refractivity contribution in [2.75, 3.05) is 23.8 Å². The highest BCUT2D eigenvalue weighted by atomic mass is 32.2. The maximum Gasteiger partial charge on any atom is 0.261 e. The fraction of sp³-hybridized carbons (Fsp3) is 0.333. The zero-order valence-electron chi connectivity index (χ0n) is 15.9. The number of benzene rings is 2. The molecule has 0 aliphatic carbocycles. The summed E-state index contributed by atoms with van der Waals surface area (Å²) < 4.78 is 33.9. The van der Waals surface area contributed by atoms with Crippen LogP contribution in [0.5, 0.6) is 0 Å². The molecule has 0 radical (unpaired) electrons. The largest absolute Gasteiger partial charge is 0.376 e. The lowest BCUT2D eigenvalue weighted by Gasteiger charge is -2.24. The standard InChI is InChI=1S/C21H20F2N2O2S2/c1-2-28-17-8-4-3-7-15(17)20(26)25(12-14-6-5-9-27-14)21-24-19-16(23)10-13(22)11-18(19)29-21/h3-4,7-8,10-11,14H,2,5-6,9,12H2,1H3. The lowest BCUT2D eigenvalue weighted by molar-refractivity contribution is 0.0915. The van der Waals surface area contributed by atoms with Gasteiger partial charge in [0.1, 0.15) is 11.3 Å². The molecule has 1 amide bonds. The van der Waals surface area contributed by atoms with Crippen molar-refractivity contribution in [1.82, 2.24) is 4.98 Å². The van der Waals surface area contributed by atoms with E-state index in [1.54, 1.807) is 22.7 Å². The van der Waals surface area contributed by atoms with Crippen molar-refractivity contribution in [1.29, 1.82) is 0 Å². The Morgan fingerprint density at radius 2 is 2.17 bits per heavy atom. The Morgan fingerprint density at radius 1 is 1.34 bits per heavy atom. The van der Waals surface area contributed by atoms with Crippen molar-refractivity contribution >= 4 is 44.4 Å².